The van der Waals surface area contributed by atoms with Crippen LogP contribution in [0.2, 0.25) is 0 Å². The Kier molecular flexibility index (Phi) is 8.77. The van der Waals surface area contributed by atoms with Gasteiger partial charge in [-0.15, -0.1) is 0 Å². The summed E-state index contributed by atoms with van der Waals surface area (Å²) < 4.78 is 38.1. The molecule has 3 heterocycles. The van der Waals surface area contributed by atoms with Gasteiger partial charge in [0.1, 0.15) is 5.82 Å². The van der Waals surface area contributed by atoms with E-state index in [1.54, 1.807) is 0 Å². The van der Waals surface area contributed by atoms with Crippen LogP contribution in [-0.4, -0.2) is 67.6 Å². The van der Waals surface area contributed by atoms with E-state index in [0.29, 0.717) is 25.3 Å². The Morgan fingerprint density at radius 3 is 2.21 bits per heavy atom. The SMILES string of the molecule is C.O=C(CCN1CCN(c2ccccc2)CC1)NC1CCN(c2ccc(C(F)(F)F)cn2)CC1. The summed E-state index contributed by atoms with van der Waals surface area (Å²) in [5.74, 6) is 0.606. The van der Waals surface area contributed by atoms with Crippen molar-refractivity contribution in [3.8, 4) is 0 Å². The molecule has 4 rings (SSSR count). The molecule has 2 aliphatic heterocycles. The third kappa shape index (κ3) is 6.85. The Morgan fingerprint density at radius 2 is 1.62 bits per heavy atom. The van der Waals surface area contributed by atoms with Crippen molar-refractivity contribution < 1.29 is 18.0 Å². The van der Waals surface area contributed by atoms with E-state index in [1.807, 2.05) is 11.0 Å². The first-order valence-corrected chi connectivity index (χ1v) is 11.5. The lowest BCUT2D eigenvalue weighted by Gasteiger charge is -2.36. The number of benzene rings is 1. The second kappa shape index (κ2) is 11.6. The van der Waals surface area contributed by atoms with Crippen molar-refractivity contribution in [1.82, 2.24) is 15.2 Å². The predicted octanol–water partition coefficient (Wildman–Crippen LogP) is 4.03. The van der Waals surface area contributed by atoms with Crippen LogP contribution in [0.1, 0.15) is 32.3 Å². The predicted molar refractivity (Wildman–Crippen MR) is 129 cm³/mol. The van der Waals surface area contributed by atoms with Crippen LogP contribution < -0.4 is 15.1 Å². The minimum absolute atomic E-state index is 0. The highest BCUT2D eigenvalue weighted by Gasteiger charge is 2.31. The molecule has 6 nitrogen and oxygen atoms in total. The third-order valence-corrected chi connectivity index (χ3v) is 6.41. The second-order valence-electron chi connectivity index (χ2n) is 8.65. The monoisotopic (exact) mass is 477 g/mol. The van der Waals surface area contributed by atoms with Crippen molar-refractivity contribution in [2.24, 2.45) is 0 Å². The number of anilines is 2. The Hall–Kier alpha value is -2.81. The average Bonchev–Trinajstić information content (AvgIpc) is 2.84. The maximum absolute atomic E-state index is 12.7. The van der Waals surface area contributed by atoms with Crippen LogP contribution in [-0.2, 0) is 11.0 Å². The molecule has 0 aliphatic carbocycles. The van der Waals surface area contributed by atoms with Gasteiger partial charge in [-0.05, 0) is 37.1 Å². The average molecular weight is 478 g/mol. The van der Waals surface area contributed by atoms with E-state index in [2.05, 4.69) is 44.4 Å². The standard InChI is InChI=1S/C24H30F3N5O.CH4/c25-24(26,27)19-6-7-22(28-18-19)32-12-8-20(9-13-32)29-23(33)10-11-30-14-16-31(17-15-30)21-4-2-1-3-5-21;/h1-7,18,20H,8-17H2,(H,29,33);1H4. The fourth-order valence-electron chi connectivity index (χ4n) is 4.42. The fourth-order valence-corrected chi connectivity index (χ4v) is 4.42. The summed E-state index contributed by atoms with van der Waals surface area (Å²) in [4.78, 5) is 23.1. The number of para-hydroxylation sites is 1. The molecule has 0 radical (unpaired) electrons. The minimum Gasteiger partial charge on any atom is -0.369 e. The van der Waals surface area contributed by atoms with Gasteiger partial charge in [-0.3, -0.25) is 9.69 Å². The molecule has 2 aromatic rings. The lowest BCUT2D eigenvalue weighted by atomic mass is 10.0. The number of nitrogens with one attached hydrogen (secondary N) is 1. The van der Waals surface area contributed by atoms with E-state index in [9.17, 15) is 18.0 Å². The van der Waals surface area contributed by atoms with Gasteiger partial charge in [0.2, 0.25) is 5.91 Å². The van der Waals surface area contributed by atoms with Gasteiger partial charge in [0.05, 0.1) is 5.56 Å². The van der Waals surface area contributed by atoms with Gasteiger partial charge in [-0.1, -0.05) is 25.6 Å². The number of hydrogen-bond donors (Lipinski definition) is 1. The summed E-state index contributed by atoms with van der Waals surface area (Å²) in [6.07, 6.45) is -1.51. The van der Waals surface area contributed by atoms with Crippen LogP contribution in [0.4, 0.5) is 24.7 Å². The van der Waals surface area contributed by atoms with Gasteiger partial charge >= 0.3 is 6.18 Å². The number of piperidine rings is 1. The number of carbonyl (C=O) groups excluding carboxylic acids is 1. The molecular formula is C25H34F3N5O. The number of halogens is 3. The van der Waals surface area contributed by atoms with Gasteiger partial charge in [-0.2, -0.15) is 13.2 Å². The van der Waals surface area contributed by atoms with E-state index < -0.39 is 11.7 Å². The van der Waals surface area contributed by atoms with Crippen LogP contribution in [0.25, 0.3) is 0 Å². The van der Waals surface area contributed by atoms with Crippen LogP contribution >= 0.6 is 0 Å². The van der Waals surface area contributed by atoms with Crippen molar-refractivity contribution >= 4 is 17.4 Å². The Labute approximate surface area is 199 Å². The number of carbonyl (C=O) groups is 1. The Bertz CT molecular complexity index is 891. The van der Waals surface area contributed by atoms with Crippen molar-refractivity contribution in [3.05, 3.63) is 54.2 Å². The van der Waals surface area contributed by atoms with Crippen LogP contribution in [0.5, 0.6) is 0 Å². The van der Waals surface area contributed by atoms with Crippen molar-refractivity contribution in [3.63, 3.8) is 0 Å². The van der Waals surface area contributed by atoms with E-state index in [-0.39, 0.29) is 19.4 Å². The van der Waals surface area contributed by atoms with Crippen molar-refractivity contribution in [2.45, 2.75) is 38.9 Å². The molecule has 0 saturated carbocycles. The Morgan fingerprint density at radius 1 is 0.941 bits per heavy atom. The smallest absolute Gasteiger partial charge is 0.369 e. The number of nitrogens with zero attached hydrogens (tertiary/aromatic N) is 4. The molecule has 34 heavy (non-hydrogen) atoms. The highest BCUT2D eigenvalue weighted by molar-refractivity contribution is 5.76. The van der Waals surface area contributed by atoms with Gasteiger partial charge in [0, 0.05) is 70.2 Å². The highest BCUT2D eigenvalue weighted by Crippen LogP contribution is 2.29. The van der Waals surface area contributed by atoms with Crippen LogP contribution in [0.3, 0.4) is 0 Å². The number of hydrogen-bond acceptors (Lipinski definition) is 5. The molecule has 2 fully saturated rings. The highest BCUT2D eigenvalue weighted by atomic mass is 19.4. The quantitative estimate of drug-likeness (QED) is 0.681. The molecule has 0 atom stereocenters. The summed E-state index contributed by atoms with van der Waals surface area (Å²) >= 11 is 0. The molecule has 0 unspecified atom stereocenters. The van der Waals surface area contributed by atoms with Crippen LogP contribution in [0, 0.1) is 0 Å². The molecular weight excluding hydrogens is 443 g/mol. The first-order valence-electron chi connectivity index (χ1n) is 11.5. The summed E-state index contributed by atoms with van der Waals surface area (Å²) in [5.41, 5.74) is 0.502. The van der Waals surface area contributed by atoms with E-state index >= 15 is 0 Å². The normalized spacial score (nSPS) is 17.9. The number of aromatic nitrogens is 1. The minimum atomic E-state index is -4.38. The van der Waals surface area contributed by atoms with Gasteiger partial charge < -0.3 is 15.1 Å². The van der Waals surface area contributed by atoms with Gasteiger partial charge in [0.25, 0.3) is 0 Å². The van der Waals surface area contributed by atoms with Crippen molar-refractivity contribution in [2.75, 3.05) is 55.6 Å². The molecule has 9 heteroatoms. The summed E-state index contributed by atoms with van der Waals surface area (Å²) in [5, 5.41) is 3.12. The molecule has 0 bridgehead atoms. The topological polar surface area (TPSA) is 51.7 Å². The molecule has 1 N–H and O–H groups in total. The maximum Gasteiger partial charge on any atom is 0.417 e. The molecule has 2 saturated heterocycles. The Balaban J connectivity index is 0.00000324. The molecule has 1 aromatic heterocycles. The van der Waals surface area contributed by atoms with Gasteiger partial charge in [0.15, 0.2) is 0 Å². The van der Waals surface area contributed by atoms with Gasteiger partial charge in [-0.25, -0.2) is 4.98 Å². The van der Waals surface area contributed by atoms with E-state index in [4.69, 9.17) is 0 Å². The molecule has 1 amide bonds. The number of amides is 1. The van der Waals surface area contributed by atoms with Crippen LogP contribution in [0.15, 0.2) is 48.7 Å². The zero-order valence-corrected chi connectivity index (χ0v) is 18.6. The number of pyridine rings is 1. The maximum atomic E-state index is 12.7. The fraction of sp³-hybridized carbons (Fsp3) is 0.520. The second-order valence-corrected chi connectivity index (χ2v) is 8.65. The number of rotatable bonds is 6. The van der Waals surface area contributed by atoms with Crippen molar-refractivity contribution in [1.29, 1.82) is 0 Å². The molecule has 186 valence electrons. The zero-order valence-electron chi connectivity index (χ0n) is 18.6. The first-order chi connectivity index (χ1) is 15.9. The zero-order chi connectivity index (χ0) is 23.3. The number of alkyl halides is 3. The third-order valence-electron chi connectivity index (χ3n) is 6.41. The van der Waals surface area contributed by atoms with E-state index in [1.165, 1.54) is 11.8 Å². The summed E-state index contributed by atoms with van der Waals surface area (Å²) in [7, 11) is 0. The molecule has 1 aromatic carbocycles. The van der Waals surface area contributed by atoms with E-state index in [0.717, 1.165) is 57.8 Å². The first kappa shape index (κ1) is 25.8. The lowest BCUT2D eigenvalue weighted by Crippen LogP contribution is -2.48. The number of piperazine rings is 1. The molecule has 2 aliphatic rings. The summed E-state index contributed by atoms with van der Waals surface area (Å²) in [6, 6.07) is 13.0. The largest absolute Gasteiger partial charge is 0.417 e. The lowest BCUT2D eigenvalue weighted by molar-refractivity contribution is -0.137. The molecule has 0 spiro atoms. The summed E-state index contributed by atoms with van der Waals surface area (Å²) in [6.45, 7) is 5.88.